The molecule has 0 aromatic heterocycles. The number of carboxylic acid groups (broad SMARTS) is 1. The third-order valence-electron chi connectivity index (χ3n) is 3.11. The fourth-order valence-corrected chi connectivity index (χ4v) is 2.03. The Balaban J connectivity index is 2.51. The molecule has 0 aliphatic carbocycles. The van der Waals surface area contributed by atoms with E-state index in [-0.39, 0.29) is 18.0 Å². The van der Waals surface area contributed by atoms with Crippen molar-refractivity contribution in [3.8, 4) is 0 Å². The summed E-state index contributed by atoms with van der Waals surface area (Å²) in [7, 11) is 1.68. The van der Waals surface area contributed by atoms with Gasteiger partial charge in [-0.25, -0.2) is 0 Å². The molecule has 1 aliphatic heterocycles. The second kappa shape index (κ2) is 5.61. The van der Waals surface area contributed by atoms with E-state index >= 15 is 0 Å². The highest BCUT2D eigenvalue weighted by molar-refractivity contribution is 5.67. The number of methoxy groups -OCH3 is 1. The van der Waals surface area contributed by atoms with E-state index in [1.807, 2.05) is 0 Å². The van der Waals surface area contributed by atoms with Crippen molar-refractivity contribution in [2.24, 2.45) is 0 Å². The highest BCUT2D eigenvalue weighted by atomic mass is 16.5. The summed E-state index contributed by atoms with van der Waals surface area (Å²) >= 11 is 0. The number of piperazine rings is 1. The zero-order valence-corrected chi connectivity index (χ0v) is 10.3. The number of carboxylic acids is 1. The lowest BCUT2D eigenvalue weighted by Gasteiger charge is -2.45. The number of nitrogens with one attached hydrogen (secondary N) is 1. The number of aliphatic carboxylic acids is 1. The molecule has 0 radical (unpaired) electrons. The molecule has 94 valence electrons. The van der Waals surface area contributed by atoms with E-state index in [1.165, 1.54) is 0 Å². The number of ether oxygens (including phenoxy) is 1. The van der Waals surface area contributed by atoms with Crippen LogP contribution in [0.4, 0.5) is 0 Å². The van der Waals surface area contributed by atoms with E-state index in [4.69, 9.17) is 9.84 Å². The largest absolute Gasteiger partial charge is 0.481 e. The first-order valence-corrected chi connectivity index (χ1v) is 5.65. The molecule has 1 fully saturated rings. The number of rotatable bonds is 5. The summed E-state index contributed by atoms with van der Waals surface area (Å²) in [5.74, 6) is -0.746. The summed E-state index contributed by atoms with van der Waals surface area (Å²) in [6, 6.07) is 0.0439. The van der Waals surface area contributed by atoms with E-state index in [0.717, 1.165) is 19.6 Å². The van der Waals surface area contributed by atoms with Gasteiger partial charge in [0.1, 0.15) is 0 Å². The molecule has 0 aromatic carbocycles. The van der Waals surface area contributed by atoms with Gasteiger partial charge in [-0.3, -0.25) is 9.69 Å². The molecule has 0 bridgehead atoms. The summed E-state index contributed by atoms with van der Waals surface area (Å²) < 4.78 is 5.08. The van der Waals surface area contributed by atoms with Gasteiger partial charge in [0.2, 0.25) is 0 Å². The summed E-state index contributed by atoms with van der Waals surface area (Å²) in [6.07, 6.45) is 0.180. The smallest absolute Gasteiger partial charge is 0.304 e. The quantitative estimate of drug-likeness (QED) is 0.704. The molecule has 0 amide bonds. The van der Waals surface area contributed by atoms with E-state index < -0.39 is 5.97 Å². The van der Waals surface area contributed by atoms with Crippen LogP contribution in [0.25, 0.3) is 0 Å². The first-order valence-electron chi connectivity index (χ1n) is 5.65. The Morgan fingerprint density at radius 2 is 2.31 bits per heavy atom. The van der Waals surface area contributed by atoms with Gasteiger partial charge in [0, 0.05) is 38.3 Å². The zero-order valence-electron chi connectivity index (χ0n) is 10.3. The third-order valence-corrected chi connectivity index (χ3v) is 3.11. The molecular formula is C11H22N2O3. The predicted molar refractivity (Wildman–Crippen MR) is 61.6 cm³/mol. The average molecular weight is 230 g/mol. The van der Waals surface area contributed by atoms with Gasteiger partial charge in [-0.1, -0.05) is 0 Å². The van der Waals surface area contributed by atoms with Crippen molar-refractivity contribution in [2.75, 3.05) is 33.4 Å². The Morgan fingerprint density at radius 1 is 1.62 bits per heavy atom. The SMILES string of the molecule is COCCN1CC(CC(=O)O)NCC1(C)C. The second-order valence-corrected chi connectivity index (χ2v) is 4.93. The van der Waals surface area contributed by atoms with Crippen molar-refractivity contribution in [1.82, 2.24) is 10.2 Å². The third kappa shape index (κ3) is 3.73. The highest BCUT2D eigenvalue weighted by Gasteiger charge is 2.34. The number of hydrogen-bond acceptors (Lipinski definition) is 4. The first-order chi connectivity index (χ1) is 7.45. The molecule has 0 spiro atoms. The number of nitrogens with zero attached hydrogens (tertiary/aromatic N) is 1. The molecule has 1 rings (SSSR count). The van der Waals surface area contributed by atoms with Crippen LogP contribution in [0, 0.1) is 0 Å². The topological polar surface area (TPSA) is 61.8 Å². The van der Waals surface area contributed by atoms with Crippen molar-refractivity contribution in [3.05, 3.63) is 0 Å². The van der Waals surface area contributed by atoms with Crippen LogP contribution in [-0.2, 0) is 9.53 Å². The van der Waals surface area contributed by atoms with E-state index in [9.17, 15) is 4.79 Å². The van der Waals surface area contributed by atoms with E-state index in [1.54, 1.807) is 7.11 Å². The molecule has 0 saturated carbocycles. The molecule has 16 heavy (non-hydrogen) atoms. The Hall–Kier alpha value is -0.650. The minimum atomic E-state index is -0.746. The van der Waals surface area contributed by atoms with Crippen LogP contribution in [0.3, 0.4) is 0 Å². The molecule has 2 N–H and O–H groups in total. The first kappa shape index (κ1) is 13.4. The van der Waals surface area contributed by atoms with Crippen LogP contribution in [0.2, 0.25) is 0 Å². The Kier molecular flexibility index (Phi) is 4.70. The maximum atomic E-state index is 10.7. The molecule has 5 heteroatoms. The molecule has 1 aliphatic rings. The van der Waals surface area contributed by atoms with Gasteiger partial charge < -0.3 is 15.2 Å². The molecule has 1 saturated heterocycles. The van der Waals surface area contributed by atoms with Crippen LogP contribution in [0.5, 0.6) is 0 Å². The Bertz CT molecular complexity index is 243. The van der Waals surface area contributed by atoms with Gasteiger partial charge in [0.05, 0.1) is 13.0 Å². The van der Waals surface area contributed by atoms with Crippen LogP contribution in [0.1, 0.15) is 20.3 Å². The van der Waals surface area contributed by atoms with Crippen molar-refractivity contribution in [2.45, 2.75) is 31.8 Å². The van der Waals surface area contributed by atoms with Gasteiger partial charge in [-0.2, -0.15) is 0 Å². The summed E-state index contributed by atoms with van der Waals surface area (Å²) in [5, 5.41) is 12.1. The monoisotopic (exact) mass is 230 g/mol. The predicted octanol–water partition coefficient (Wildman–Crippen LogP) is 0.160. The molecular weight excluding hydrogens is 208 g/mol. The van der Waals surface area contributed by atoms with Crippen molar-refractivity contribution < 1.29 is 14.6 Å². The lowest BCUT2D eigenvalue weighted by molar-refractivity contribution is -0.138. The Morgan fingerprint density at radius 3 is 2.88 bits per heavy atom. The number of carbonyl (C=O) groups is 1. The zero-order chi connectivity index (χ0) is 12.2. The van der Waals surface area contributed by atoms with Crippen LogP contribution in [0.15, 0.2) is 0 Å². The molecule has 1 heterocycles. The fourth-order valence-electron chi connectivity index (χ4n) is 2.03. The normalized spacial score (nSPS) is 25.6. The molecule has 5 nitrogen and oxygen atoms in total. The molecule has 0 aromatic rings. The van der Waals surface area contributed by atoms with Gasteiger partial charge >= 0.3 is 5.97 Å². The average Bonchev–Trinajstić information content (AvgIpc) is 2.18. The van der Waals surface area contributed by atoms with Crippen molar-refractivity contribution in [1.29, 1.82) is 0 Å². The summed E-state index contributed by atoms with van der Waals surface area (Å²) in [5.41, 5.74) is 0.0630. The minimum Gasteiger partial charge on any atom is -0.481 e. The van der Waals surface area contributed by atoms with Gasteiger partial charge in [-0.05, 0) is 13.8 Å². The van der Waals surface area contributed by atoms with Gasteiger partial charge in [0.15, 0.2) is 0 Å². The van der Waals surface area contributed by atoms with Crippen LogP contribution in [-0.4, -0.2) is 60.9 Å². The molecule has 1 unspecified atom stereocenters. The van der Waals surface area contributed by atoms with Crippen molar-refractivity contribution >= 4 is 5.97 Å². The highest BCUT2D eigenvalue weighted by Crippen LogP contribution is 2.19. The van der Waals surface area contributed by atoms with E-state index in [0.29, 0.717) is 6.61 Å². The lowest BCUT2D eigenvalue weighted by atomic mass is 9.96. The lowest BCUT2D eigenvalue weighted by Crippen LogP contribution is -2.62. The van der Waals surface area contributed by atoms with E-state index in [2.05, 4.69) is 24.1 Å². The van der Waals surface area contributed by atoms with Crippen molar-refractivity contribution in [3.63, 3.8) is 0 Å². The molecule has 1 atom stereocenters. The summed E-state index contributed by atoms with van der Waals surface area (Å²) in [6.45, 7) is 7.43. The van der Waals surface area contributed by atoms with Gasteiger partial charge in [-0.15, -0.1) is 0 Å². The summed E-state index contributed by atoms with van der Waals surface area (Å²) in [4.78, 5) is 13.0. The Labute approximate surface area is 96.8 Å². The van der Waals surface area contributed by atoms with Crippen LogP contribution >= 0.6 is 0 Å². The fraction of sp³-hybridized carbons (Fsp3) is 0.909. The maximum Gasteiger partial charge on any atom is 0.304 e. The second-order valence-electron chi connectivity index (χ2n) is 4.93. The number of hydrogen-bond donors (Lipinski definition) is 2. The standard InChI is InChI=1S/C11H22N2O3/c1-11(2)8-12-9(6-10(14)15)7-13(11)4-5-16-3/h9,12H,4-8H2,1-3H3,(H,14,15). The minimum absolute atomic E-state index is 0.0439. The van der Waals surface area contributed by atoms with Gasteiger partial charge in [0.25, 0.3) is 0 Å². The van der Waals surface area contributed by atoms with Crippen LogP contribution < -0.4 is 5.32 Å². The maximum absolute atomic E-state index is 10.7.